The van der Waals surface area contributed by atoms with Crippen molar-refractivity contribution >= 4 is 17.1 Å². The number of fused-ring (bicyclic) bond motifs is 1. The number of nitrogen functional groups attached to an aromatic ring is 1. The van der Waals surface area contributed by atoms with Crippen LogP contribution >= 0.6 is 0 Å². The van der Waals surface area contributed by atoms with E-state index in [1.165, 1.54) is 69.8 Å². The largest absolute Gasteiger partial charge is 0.369 e. The zero-order valence-corrected chi connectivity index (χ0v) is 22.1. The van der Waals surface area contributed by atoms with Gasteiger partial charge in [0.2, 0.25) is 5.95 Å². The predicted octanol–water partition coefficient (Wildman–Crippen LogP) is 6.76. The first kappa shape index (κ1) is 28.0. The average Bonchev–Trinajstić information content (AvgIpc) is 3.43. The molecule has 0 bridgehead atoms. The van der Waals surface area contributed by atoms with E-state index in [4.69, 9.17) is 15.5 Å². The summed E-state index contributed by atoms with van der Waals surface area (Å²) in [7, 11) is 0. The molecule has 1 fully saturated rings. The van der Waals surface area contributed by atoms with Gasteiger partial charge < -0.3 is 15.2 Å². The molecule has 200 valence electrons. The molecule has 8 nitrogen and oxygen atoms in total. The molecule has 8 heteroatoms. The van der Waals surface area contributed by atoms with E-state index in [0.29, 0.717) is 23.7 Å². The van der Waals surface area contributed by atoms with Crippen LogP contribution in [0.25, 0.3) is 11.2 Å². The Morgan fingerprint density at radius 1 is 1.11 bits per heavy atom. The molecule has 0 saturated heterocycles. The Hall–Kier alpha value is -2.61. The number of nitrogens with two attached hydrogens (primary N) is 1. The predicted molar refractivity (Wildman–Crippen MR) is 145 cm³/mol. The van der Waals surface area contributed by atoms with Crippen LogP contribution in [0.2, 0.25) is 0 Å². The zero-order valence-electron chi connectivity index (χ0n) is 22.1. The van der Waals surface area contributed by atoms with Crippen molar-refractivity contribution in [2.75, 3.05) is 12.3 Å². The number of nitrogens with zero attached hydrogens (tertiary/aromatic N) is 3. The van der Waals surface area contributed by atoms with Gasteiger partial charge in [-0.05, 0) is 38.0 Å². The fourth-order valence-electron chi connectivity index (χ4n) is 5.17. The highest BCUT2D eigenvalue weighted by Crippen LogP contribution is 2.42. The van der Waals surface area contributed by atoms with Crippen molar-refractivity contribution < 1.29 is 9.78 Å². The van der Waals surface area contributed by atoms with Crippen molar-refractivity contribution in [1.29, 1.82) is 0 Å². The number of nitrogens with one attached hydrogen (secondary N) is 1. The fraction of sp³-hybridized carbons (Fsp3) is 0.679. The van der Waals surface area contributed by atoms with Gasteiger partial charge in [0.15, 0.2) is 11.2 Å². The Morgan fingerprint density at radius 3 is 2.64 bits per heavy atom. The molecule has 2 heterocycles. The summed E-state index contributed by atoms with van der Waals surface area (Å²) in [5.41, 5.74) is 7.55. The van der Waals surface area contributed by atoms with E-state index in [-0.39, 0.29) is 17.5 Å². The first-order chi connectivity index (χ1) is 17.5. The summed E-state index contributed by atoms with van der Waals surface area (Å²) in [6.07, 6.45) is 19.2. The third-order valence-electron chi connectivity index (χ3n) is 7.29. The van der Waals surface area contributed by atoms with Gasteiger partial charge in [0.1, 0.15) is 5.76 Å². The van der Waals surface area contributed by atoms with E-state index in [1.54, 1.807) is 6.33 Å². The van der Waals surface area contributed by atoms with Crippen molar-refractivity contribution in [3.05, 3.63) is 41.2 Å². The number of anilines is 1. The average molecular weight is 500 g/mol. The van der Waals surface area contributed by atoms with Gasteiger partial charge in [-0.25, -0.2) is 4.98 Å². The molecule has 2 atom stereocenters. The maximum absolute atomic E-state index is 12.1. The van der Waals surface area contributed by atoms with Crippen LogP contribution in [0.4, 0.5) is 5.95 Å². The number of allylic oxidation sites excluding steroid dienone is 2. The van der Waals surface area contributed by atoms with E-state index in [1.807, 2.05) is 4.57 Å². The Labute approximate surface area is 215 Å². The first-order valence-corrected chi connectivity index (χ1v) is 13.9. The molecule has 3 rings (SSSR count). The van der Waals surface area contributed by atoms with Crippen molar-refractivity contribution in [1.82, 2.24) is 19.5 Å². The molecule has 3 N–H and O–H groups in total. The van der Waals surface area contributed by atoms with Crippen molar-refractivity contribution in [2.24, 2.45) is 5.92 Å². The van der Waals surface area contributed by atoms with Crippen LogP contribution in [0.3, 0.4) is 0 Å². The van der Waals surface area contributed by atoms with E-state index >= 15 is 0 Å². The summed E-state index contributed by atoms with van der Waals surface area (Å²) < 4.78 is 1.97. The van der Waals surface area contributed by atoms with E-state index in [0.717, 1.165) is 37.9 Å². The lowest BCUT2D eigenvalue weighted by Crippen LogP contribution is -2.14. The lowest BCUT2D eigenvalue weighted by molar-refractivity contribution is -0.264. The van der Waals surface area contributed by atoms with Crippen molar-refractivity contribution in [2.45, 2.75) is 109 Å². The third kappa shape index (κ3) is 8.22. The lowest BCUT2D eigenvalue weighted by Gasteiger charge is -2.17. The quantitative estimate of drug-likeness (QED) is 0.0771. The maximum Gasteiger partial charge on any atom is 0.280 e. The normalized spacial score (nSPS) is 17.8. The van der Waals surface area contributed by atoms with Gasteiger partial charge in [0, 0.05) is 6.42 Å². The number of rotatable bonds is 18. The van der Waals surface area contributed by atoms with Crippen LogP contribution in [0, 0.1) is 5.92 Å². The Kier molecular flexibility index (Phi) is 11.5. The number of aromatic amines is 1. The molecule has 1 saturated carbocycles. The van der Waals surface area contributed by atoms with Crippen LogP contribution in [-0.4, -0.2) is 26.1 Å². The van der Waals surface area contributed by atoms with Crippen LogP contribution < -0.4 is 11.3 Å². The monoisotopic (exact) mass is 499 g/mol. The minimum Gasteiger partial charge on any atom is -0.369 e. The van der Waals surface area contributed by atoms with E-state index in [2.05, 4.69) is 35.0 Å². The van der Waals surface area contributed by atoms with Crippen LogP contribution in [0.5, 0.6) is 0 Å². The third-order valence-corrected chi connectivity index (χ3v) is 7.29. The number of aromatic nitrogens is 4. The second-order valence-electron chi connectivity index (χ2n) is 10.2. The molecule has 36 heavy (non-hydrogen) atoms. The molecule has 1 aliphatic rings. The molecule has 0 unspecified atom stereocenters. The molecule has 2 aromatic rings. The number of H-pyrrole nitrogens is 1. The molecular weight excluding hydrogens is 454 g/mol. The summed E-state index contributed by atoms with van der Waals surface area (Å²) in [6, 6.07) is 0.133. The smallest absolute Gasteiger partial charge is 0.280 e. The van der Waals surface area contributed by atoms with Gasteiger partial charge in [0.05, 0.1) is 19.0 Å². The molecule has 2 aromatic heterocycles. The Bertz CT molecular complexity index is 1030. The van der Waals surface area contributed by atoms with E-state index < -0.39 is 0 Å². The summed E-state index contributed by atoms with van der Waals surface area (Å²) in [5, 5.41) is 0. The van der Waals surface area contributed by atoms with Gasteiger partial charge in [-0.15, -0.1) is 0 Å². The van der Waals surface area contributed by atoms with Crippen molar-refractivity contribution in [3.63, 3.8) is 0 Å². The molecule has 0 aliphatic heterocycles. The summed E-state index contributed by atoms with van der Waals surface area (Å²) in [6.45, 7) is 11.2. The van der Waals surface area contributed by atoms with Crippen LogP contribution in [-0.2, 0) is 9.78 Å². The standard InChI is InChI=1S/C28H45N5O3/c1-4-5-6-11-14-19-35-36-21(2)15-12-9-7-8-10-13-16-23-17-18-24(22(23)3)33-20-30-25-26(33)31-28(29)32-27(25)34/h20,23-24H,2-19H2,1H3,(H3,29,31,32,34)/t23-,24+/m1/s1. The Morgan fingerprint density at radius 2 is 1.83 bits per heavy atom. The van der Waals surface area contributed by atoms with Gasteiger partial charge in [-0.3, -0.25) is 9.78 Å². The summed E-state index contributed by atoms with van der Waals surface area (Å²) in [4.78, 5) is 33.7. The molecule has 0 radical (unpaired) electrons. The van der Waals surface area contributed by atoms with Crippen molar-refractivity contribution in [3.8, 4) is 0 Å². The van der Waals surface area contributed by atoms with E-state index in [9.17, 15) is 4.79 Å². The SMILES string of the molecule is C=C(CCCCCCCC[C@@H]1CC[C@H](n2cnc3c(=O)[nH]c(N)nc32)C1=C)OOCCCCCCC. The molecule has 0 spiro atoms. The van der Waals surface area contributed by atoms with Crippen LogP contribution in [0.15, 0.2) is 35.6 Å². The minimum absolute atomic E-state index is 0.118. The molecular formula is C28H45N5O3. The summed E-state index contributed by atoms with van der Waals surface area (Å²) in [5.74, 6) is 1.37. The first-order valence-electron chi connectivity index (χ1n) is 13.9. The zero-order chi connectivity index (χ0) is 25.8. The van der Waals surface area contributed by atoms with Gasteiger partial charge in [-0.1, -0.05) is 83.4 Å². The fourth-order valence-corrected chi connectivity index (χ4v) is 5.17. The van der Waals surface area contributed by atoms with Gasteiger partial charge in [0.25, 0.3) is 5.56 Å². The molecule has 0 amide bonds. The van der Waals surface area contributed by atoms with Crippen LogP contribution in [0.1, 0.15) is 109 Å². The number of hydrogen-bond donors (Lipinski definition) is 2. The molecule has 0 aromatic carbocycles. The van der Waals surface area contributed by atoms with Gasteiger partial charge in [-0.2, -0.15) is 9.87 Å². The molecule has 1 aliphatic carbocycles. The number of imidazole rings is 1. The second kappa shape index (κ2) is 14.8. The summed E-state index contributed by atoms with van der Waals surface area (Å²) >= 11 is 0. The highest BCUT2D eigenvalue weighted by Gasteiger charge is 2.31. The highest BCUT2D eigenvalue weighted by atomic mass is 17.2. The topological polar surface area (TPSA) is 108 Å². The highest BCUT2D eigenvalue weighted by molar-refractivity contribution is 5.70. The van der Waals surface area contributed by atoms with Gasteiger partial charge >= 0.3 is 0 Å². The second-order valence-corrected chi connectivity index (χ2v) is 10.2. The Balaban J connectivity index is 1.23. The number of hydrogen-bond acceptors (Lipinski definition) is 6. The number of unbranched alkanes of at least 4 members (excludes halogenated alkanes) is 9. The maximum atomic E-state index is 12.1. The minimum atomic E-state index is -0.297. The lowest BCUT2D eigenvalue weighted by atomic mass is 9.95.